The molecule has 0 bridgehead atoms. The zero-order valence-corrected chi connectivity index (χ0v) is 16.1. The molecule has 2 aromatic heterocycles. The minimum atomic E-state index is 0.168. The number of benzene rings is 1. The van der Waals surface area contributed by atoms with Crippen molar-refractivity contribution in [3.05, 3.63) is 46.6 Å². The van der Waals surface area contributed by atoms with E-state index >= 15 is 0 Å². The Labute approximate surface area is 152 Å². The summed E-state index contributed by atoms with van der Waals surface area (Å²) in [5, 5.41) is 4.66. The van der Waals surface area contributed by atoms with E-state index < -0.39 is 0 Å². The normalized spacial score (nSPS) is 12.6. The van der Waals surface area contributed by atoms with Gasteiger partial charge in [-0.1, -0.05) is 18.2 Å². The van der Waals surface area contributed by atoms with Crippen molar-refractivity contribution in [2.75, 3.05) is 33.1 Å². The van der Waals surface area contributed by atoms with Gasteiger partial charge < -0.3 is 15.0 Å². The Bertz CT molecular complexity index is 875. The fraction of sp³-hybridized carbons (Fsp3) is 0.368. The molecule has 0 amide bonds. The summed E-state index contributed by atoms with van der Waals surface area (Å²) in [6.07, 6.45) is 1.63. The van der Waals surface area contributed by atoms with E-state index in [0.29, 0.717) is 0 Å². The number of anilines is 1. The maximum absolute atomic E-state index is 5.54. The average molecular weight is 356 g/mol. The molecular weight excluding hydrogens is 332 g/mol. The van der Waals surface area contributed by atoms with E-state index in [4.69, 9.17) is 4.74 Å². The number of methoxy groups -OCH3 is 1. The number of hydrogen-bond donors (Lipinski definition) is 1. The summed E-state index contributed by atoms with van der Waals surface area (Å²) < 4.78 is 5.54. The number of fused-ring (bicyclic) bond motifs is 1. The maximum atomic E-state index is 5.54. The van der Waals surface area contributed by atoms with Gasteiger partial charge >= 0.3 is 0 Å². The first-order valence-electron chi connectivity index (χ1n) is 8.26. The van der Waals surface area contributed by atoms with Gasteiger partial charge in [0.15, 0.2) is 0 Å². The van der Waals surface area contributed by atoms with Crippen molar-refractivity contribution < 1.29 is 4.74 Å². The lowest BCUT2D eigenvalue weighted by Gasteiger charge is -2.27. The molecule has 3 aromatic rings. The lowest BCUT2D eigenvalue weighted by molar-refractivity contribution is 0.300. The van der Waals surface area contributed by atoms with Crippen LogP contribution in [-0.4, -0.2) is 42.6 Å². The van der Waals surface area contributed by atoms with E-state index in [0.717, 1.165) is 33.9 Å². The molecule has 2 heterocycles. The van der Waals surface area contributed by atoms with E-state index in [9.17, 15) is 0 Å². The molecule has 6 heteroatoms. The van der Waals surface area contributed by atoms with Gasteiger partial charge in [0.2, 0.25) is 0 Å². The summed E-state index contributed by atoms with van der Waals surface area (Å²) in [7, 11) is 5.87. The van der Waals surface area contributed by atoms with Crippen LogP contribution in [0.3, 0.4) is 0 Å². The largest absolute Gasteiger partial charge is 0.496 e. The van der Waals surface area contributed by atoms with Crippen molar-refractivity contribution in [1.29, 1.82) is 0 Å². The van der Waals surface area contributed by atoms with Crippen molar-refractivity contribution in [2.45, 2.75) is 19.9 Å². The Morgan fingerprint density at radius 2 is 1.96 bits per heavy atom. The van der Waals surface area contributed by atoms with Gasteiger partial charge in [-0.3, -0.25) is 0 Å². The Morgan fingerprint density at radius 1 is 1.20 bits per heavy atom. The zero-order chi connectivity index (χ0) is 18.0. The van der Waals surface area contributed by atoms with Crippen molar-refractivity contribution in [3.8, 4) is 5.75 Å². The second-order valence-corrected chi connectivity index (χ2v) is 7.49. The lowest BCUT2D eigenvalue weighted by Crippen LogP contribution is -2.27. The smallest absolute Gasteiger partial charge is 0.138 e. The lowest BCUT2D eigenvalue weighted by atomic mass is 10.0. The SMILES string of the molecule is COc1ccccc1[C@H](CNc1ncnc2sc(C)c(C)c12)N(C)C. The third-order valence-electron chi connectivity index (χ3n) is 4.55. The first-order valence-corrected chi connectivity index (χ1v) is 9.08. The highest BCUT2D eigenvalue weighted by molar-refractivity contribution is 7.18. The van der Waals surface area contributed by atoms with Crippen LogP contribution in [0.1, 0.15) is 22.0 Å². The molecule has 1 N–H and O–H groups in total. The van der Waals surface area contributed by atoms with Gasteiger partial charge in [0.25, 0.3) is 0 Å². The average Bonchev–Trinajstić information content (AvgIpc) is 2.90. The predicted octanol–water partition coefficient (Wildman–Crippen LogP) is 4.03. The standard InChI is InChI=1S/C19H24N4OS/c1-12-13(2)25-19-17(12)18(21-11-22-19)20-10-15(23(3)4)14-8-6-7-9-16(14)24-5/h6-9,11,15H,10H2,1-5H3,(H,20,21,22)/t15-/m0/s1. The number of nitrogens with one attached hydrogen (secondary N) is 1. The summed E-state index contributed by atoms with van der Waals surface area (Å²) in [6.45, 7) is 4.99. The van der Waals surface area contributed by atoms with Gasteiger partial charge in [-0.05, 0) is 39.6 Å². The maximum Gasteiger partial charge on any atom is 0.138 e. The van der Waals surface area contributed by atoms with Gasteiger partial charge in [0, 0.05) is 17.0 Å². The fourth-order valence-corrected chi connectivity index (χ4v) is 4.02. The summed E-state index contributed by atoms with van der Waals surface area (Å²) >= 11 is 1.71. The second-order valence-electron chi connectivity index (χ2n) is 6.29. The number of aryl methyl sites for hydroxylation is 2. The number of rotatable bonds is 6. The van der Waals surface area contributed by atoms with Crippen LogP contribution in [0.5, 0.6) is 5.75 Å². The zero-order valence-electron chi connectivity index (χ0n) is 15.3. The molecule has 3 rings (SSSR count). The van der Waals surface area contributed by atoms with Crippen LogP contribution in [0.4, 0.5) is 5.82 Å². The monoisotopic (exact) mass is 356 g/mol. The van der Waals surface area contributed by atoms with Crippen LogP contribution in [0.15, 0.2) is 30.6 Å². The molecule has 0 aliphatic heterocycles. The highest BCUT2D eigenvalue weighted by atomic mass is 32.1. The van der Waals surface area contributed by atoms with Crippen LogP contribution in [0.2, 0.25) is 0 Å². The molecule has 1 aromatic carbocycles. The van der Waals surface area contributed by atoms with Crippen molar-refractivity contribution in [1.82, 2.24) is 14.9 Å². The van der Waals surface area contributed by atoms with Crippen molar-refractivity contribution >= 4 is 27.4 Å². The molecular formula is C19H24N4OS. The number of nitrogens with zero attached hydrogens (tertiary/aromatic N) is 3. The van der Waals surface area contributed by atoms with Gasteiger partial charge in [-0.25, -0.2) is 9.97 Å². The molecule has 0 aliphatic rings. The quantitative estimate of drug-likeness (QED) is 0.722. The van der Waals surface area contributed by atoms with E-state index in [2.05, 4.69) is 54.2 Å². The Morgan fingerprint density at radius 3 is 2.68 bits per heavy atom. The summed E-state index contributed by atoms with van der Waals surface area (Å²) in [5.74, 6) is 1.80. The first-order chi connectivity index (χ1) is 12.0. The summed E-state index contributed by atoms with van der Waals surface area (Å²) in [4.78, 5) is 13.4. The number of hydrogen-bond acceptors (Lipinski definition) is 6. The van der Waals surface area contributed by atoms with E-state index in [1.807, 2.05) is 18.2 Å². The van der Waals surface area contributed by atoms with E-state index in [1.165, 1.54) is 10.4 Å². The minimum Gasteiger partial charge on any atom is -0.496 e. The van der Waals surface area contributed by atoms with Gasteiger partial charge in [-0.2, -0.15) is 0 Å². The molecule has 0 saturated carbocycles. The first kappa shape index (κ1) is 17.6. The Balaban J connectivity index is 1.90. The number of aromatic nitrogens is 2. The molecule has 25 heavy (non-hydrogen) atoms. The molecule has 0 saturated heterocycles. The molecule has 132 valence electrons. The number of ether oxygens (including phenoxy) is 1. The van der Waals surface area contributed by atoms with Crippen LogP contribution in [-0.2, 0) is 0 Å². The molecule has 0 spiro atoms. The molecule has 5 nitrogen and oxygen atoms in total. The van der Waals surface area contributed by atoms with Gasteiger partial charge in [0.05, 0.1) is 18.5 Å². The third-order valence-corrected chi connectivity index (χ3v) is 5.66. The van der Waals surface area contributed by atoms with E-state index in [1.54, 1.807) is 24.8 Å². The Hall–Kier alpha value is -2.18. The van der Waals surface area contributed by atoms with Crippen LogP contribution < -0.4 is 10.1 Å². The second kappa shape index (κ2) is 7.37. The Kier molecular flexibility index (Phi) is 5.20. The van der Waals surface area contributed by atoms with Crippen LogP contribution in [0.25, 0.3) is 10.2 Å². The number of thiophene rings is 1. The summed E-state index contributed by atoms with van der Waals surface area (Å²) in [5.41, 5.74) is 2.41. The summed E-state index contributed by atoms with van der Waals surface area (Å²) in [6, 6.07) is 8.32. The van der Waals surface area contributed by atoms with Gasteiger partial charge in [0.1, 0.15) is 22.7 Å². The number of para-hydroxylation sites is 1. The van der Waals surface area contributed by atoms with Gasteiger partial charge in [-0.15, -0.1) is 11.3 Å². The third kappa shape index (κ3) is 3.45. The topological polar surface area (TPSA) is 50.3 Å². The van der Waals surface area contributed by atoms with Crippen LogP contribution >= 0.6 is 11.3 Å². The molecule has 0 radical (unpaired) electrons. The predicted molar refractivity (Wildman–Crippen MR) is 105 cm³/mol. The van der Waals surface area contributed by atoms with Crippen molar-refractivity contribution in [3.63, 3.8) is 0 Å². The molecule has 0 fully saturated rings. The molecule has 1 atom stereocenters. The van der Waals surface area contributed by atoms with Crippen molar-refractivity contribution in [2.24, 2.45) is 0 Å². The molecule has 0 unspecified atom stereocenters. The molecule has 0 aliphatic carbocycles. The minimum absolute atomic E-state index is 0.168. The number of likely N-dealkylation sites (N-methyl/N-ethyl adjacent to an activating group) is 1. The van der Waals surface area contributed by atoms with E-state index in [-0.39, 0.29) is 6.04 Å². The van der Waals surface area contributed by atoms with Crippen LogP contribution in [0, 0.1) is 13.8 Å². The fourth-order valence-electron chi connectivity index (χ4n) is 3.02. The highest BCUT2D eigenvalue weighted by Crippen LogP contribution is 2.33. The highest BCUT2D eigenvalue weighted by Gasteiger charge is 2.19.